The van der Waals surface area contributed by atoms with E-state index in [0.29, 0.717) is 12.1 Å². The quantitative estimate of drug-likeness (QED) is 0.532. The van der Waals surface area contributed by atoms with Gasteiger partial charge < -0.3 is 9.96 Å². The van der Waals surface area contributed by atoms with Crippen LogP contribution in [0.4, 0.5) is 0 Å². The minimum absolute atomic E-state index is 0.548. The molecule has 0 saturated heterocycles. The van der Waals surface area contributed by atoms with Gasteiger partial charge in [0.15, 0.2) is 0 Å². The molecule has 1 saturated carbocycles. The van der Waals surface area contributed by atoms with Crippen molar-refractivity contribution in [1.29, 1.82) is 0 Å². The van der Waals surface area contributed by atoms with Gasteiger partial charge >= 0.3 is 35.6 Å². The van der Waals surface area contributed by atoms with Gasteiger partial charge in [-0.25, -0.2) is 0 Å². The average molecular weight is 375 g/mol. The first kappa shape index (κ1) is 20.6. The monoisotopic (exact) mass is 374 g/mol. The van der Waals surface area contributed by atoms with Crippen molar-refractivity contribution >= 4 is 35.1 Å². The first-order valence-corrected chi connectivity index (χ1v) is 18.2. The van der Waals surface area contributed by atoms with Gasteiger partial charge in [-0.05, 0) is 0 Å². The first-order valence-electron chi connectivity index (χ1n) is 6.99. The van der Waals surface area contributed by atoms with Crippen LogP contribution in [0, 0.1) is 0 Å². The van der Waals surface area contributed by atoms with E-state index in [9.17, 15) is 0 Å². The second-order valence-corrected chi connectivity index (χ2v) is 18.9. The fourth-order valence-corrected chi connectivity index (χ4v) is 4.98. The molecular formula is C12H28Cl2N2Si2Ti-2. The minimum atomic E-state index is -1.28. The van der Waals surface area contributed by atoms with Gasteiger partial charge in [-0.15, -0.1) is 0 Å². The standard InChI is InChI=1S/C12H28N2Si2.2ClH.Ti/c1-15(2,3)13-11-9-7-8-10-12(11)14-16(4,5)6;;;/h11-12H,7-10H2,1-6H3;2*1H;/q-2;;;+2/p-2. The Bertz CT molecular complexity index is 221. The van der Waals surface area contributed by atoms with Gasteiger partial charge in [-0.2, -0.15) is 12.1 Å². The number of nitrogens with zero attached hydrogens (tertiary/aromatic N) is 2. The van der Waals surface area contributed by atoms with E-state index in [4.69, 9.17) is 28.6 Å². The molecule has 1 fully saturated rings. The Morgan fingerprint density at radius 3 is 1.26 bits per heavy atom. The Balaban J connectivity index is 0.000000982. The summed E-state index contributed by atoms with van der Waals surface area (Å²) in [5.74, 6) is 0. The van der Waals surface area contributed by atoms with Crippen molar-refractivity contribution < 1.29 is 17.0 Å². The van der Waals surface area contributed by atoms with Gasteiger partial charge in [0.1, 0.15) is 0 Å². The third-order valence-electron chi connectivity index (χ3n) is 2.80. The first-order chi connectivity index (χ1) is 8.59. The van der Waals surface area contributed by atoms with E-state index in [2.05, 4.69) is 39.3 Å². The molecule has 114 valence electrons. The third kappa shape index (κ3) is 11.9. The molecule has 0 aromatic heterocycles. The molecule has 0 heterocycles. The maximum atomic E-state index is 5.10. The molecule has 0 amide bonds. The predicted molar refractivity (Wildman–Crippen MR) is 91.2 cm³/mol. The van der Waals surface area contributed by atoms with Crippen molar-refractivity contribution in [2.75, 3.05) is 0 Å². The summed E-state index contributed by atoms with van der Waals surface area (Å²) >= 11 is -0.556. The molecule has 1 rings (SSSR count). The number of rotatable bonds is 4. The van der Waals surface area contributed by atoms with Crippen LogP contribution in [0.25, 0.3) is 9.96 Å². The van der Waals surface area contributed by atoms with Gasteiger partial charge in [0, 0.05) is 0 Å². The van der Waals surface area contributed by atoms with Gasteiger partial charge in [-0.1, -0.05) is 81.4 Å². The summed E-state index contributed by atoms with van der Waals surface area (Å²) in [7, 11) is 7.22. The Labute approximate surface area is 138 Å². The van der Waals surface area contributed by atoms with E-state index in [1.54, 1.807) is 0 Å². The summed E-state index contributed by atoms with van der Waals surface area (Å²) in [6.45, 7) is 14.0. The van der Waals surface area contributed by atoms with Crippen molar-refractivity contribution in [2.45, 2.75) is 77.0 Å². The van der Waals surface area contributed by atoms with Crippen LogP contribution in [0.2, 0.25) is 39.3 Å². The van der Waals surface area contributed by atoms with Crippen LogP contribution < -0.4 is 0 Å². The van der Waals surface area contributed by atoms with Crippen LogP contribution >= 0.6 is 18.6 Å². The molecule has 0 radical (unpaired) electrons. The summed E-state index contributed by atoms with van der Waals surface area (Å²) in [5.41, 5.74) is 0. The fraction of sp³-hybridized carbons (Fsp3) is 1.00. The normalized spacial score (nSPS) is 24.4. The molecule has 0 aliphatic heterocycles. The molecule has 19 heavy (non-hydrogen) atoms. The second-order valence-electron chi connectivity index (χ2n) is 7.09. The molecule has 7 heteroatoms. The van der Waals surface area contributed by atoms with Crippen molar-refractivity contribution in [3.63, 3.8) is 0 Å². The molecular weight excluding hydrogens is 347 g/mol. The average Bonchev–Trinajstić information content (AvgIpc) is 2.18. The Morgan fingerprint density at radius 2 is 1.05 bits per heavy atom. The van der Waals surface area contributed by atoms with Gasteiger partial charge in [0.25, 0.3) is 0 Å². The molecule has 0 aromatic carbocycles. The summed E-state index contributed by atoms with van der Waals surface area (Å²) in [6.07, 6.45) is 5.28. The van der Waals surface area contributed by atoms with E-state index in [1.165, 1.54) is 25.7 Å². The van der Waals surface area contributed by atoms with Gasteiger partial charge in [-0.3, -0.25) is 0 Å². The van der Waals surface area contributed by atoms with Crippen molar-refractivity contribution in [3.05, 3.63) is 9.96 Å². The molecule has 0 aromatic rings. The zero-order valence-electron chi connectivity index (χ0n) is 13.1. The Hall–Kier alpha value is 1.65. The van der Waals surface area contributed by atoms with Crippen LogP contribution in [-0.2, 0) is 17.0 Å². The third-order valence-corrected chi connectivity index (χ3v) is 5.01. The number of hydrogen-bond donors (Lipinski definition) is 0. The van der Waals surface area contributed by atoms with Crippen LogP contribution in [0.3, 0.4) is 0 Å². The van der Waals surface area contributed by atoms with E-state index >= 15 is 0 Å². The number of halogens is 2. The Morgan fingerprint density at radius 1 is 0.789 bits per heavy atom. The van der Waals surface area contributed by atoms with Crippen molar-refractivity contribution in [2.24, 2.45) is 0 Å². The molecule has 2 unspecified atom stereocenters. The van der Waals surface area contributed by atoms with Crippen molar-refractivity contribution in [3.8, 4) is 0 Å². The van der Waals surface area contributed by atoms with Crippen LogP contribution in [-0.4, -0.2) is 28.6 Å². The zero-order valence-corrected chi connectivity index (χ0v) is 18.2. The van der Waals surface area contributed by atoms with Gasteiger partial charge in [0.2, 0.25) is 0 Å². The molecule has 2 nitrogen and oxygen atoms in total. The summed E-state index contributed by atoms with van der Waals surface area (Å²) in [4.78, 5) is 10.2. The summed E-state index contributed by atoms with van der Waals surface area (Å²) in [6, 6.07) is 1.10. The van der Waals surface area contributed by atoms with E-state index in [-0.39, 0.29) is 0 Å². The van der Waals surface area contributed by atoms with Crippen LogP contribution in [0.1, 0.15) is 25.7 Å². The second kappa shape index (κ2) is 9.62. The molecule has 0 N–H and O–H groups in total. The van der Waals surface area contributed by atoms with E-state index in [0.717, 1.165) is 0 Å². The van der Waals surface area contributed by atoms with E-state index < -0.39 is 33.5 Å². The zero-order chi connectivity index (χ0) is 15.1. The SMILES string of the molecule is C[Si](C)(C)[N-]C1CCCCC1[N-][Si](C)(C)C.[Cl][Ti][Cl]. The molecule has 2 atom stereocenters. The van der Waals surface area contributed by atoms with Crippen molar-refractivity contribution in [1.82, 2.24) is 0 Å². The van der Waals surface area contributed by atoms with Crippen LogP contribution in [0.5, 0.6) is 0 Å². The predicted octanol–water partition coefficient (Wildman–Crippen LogP) is 6.09. The summed E-state index contributed by atoms with van der Waals surface area (Å²) in [5, 5.41) is 0. The van der Waals surface area contributed by atoms with Crippen LogP contribution in [0.15, 0.2) is 0 Å². The molecule has 0 spiro atoms. The van der Waals surface area contributed by atoms with E-state index in [1.807, 2.05) is 0 Å². The summed E-state index contributed by atoms with van der Waals surface area (Å²) < 4.78 is 0. The fourth-order valence-electron chi connectivity index (χ4n) is 2.39. The van der Waals surface area contributed by atoms with Gasteiger partial charge in [0.05, 0.1) is 0 Å². The topological polar surface area (TPSA) is 28.2 Å². The molecule has 1 aliphatic rings. The molecule has 1 aliphatic carbocycles. The maximum absolute atomic E-state index is 5.10. The Kier molecular flexibility index (Phi) is 10.5. The molecule has 0 bridgehead atoms. The number of hydrogen-bond acceptors (Lipinski definition) is 0.